The molecular formula is C89H91N21O6. The second-order valence-corrected chi connectivity index (χ2v) is 29.8. The molecule has 27 heteroatoms. The molecule has 3 amide bonds. The molecule has 2 aliphatic heterocycles. The minimum Gasteiger partial charge on any atom is -0.457 e. The first-order chi connectivity index (χ1) is 56.6. The van der Waals surface area contributed by atoms with Crippen molar-refractivity contribution in [3.63, 3.8) is 0 Å². The molecule has 18 rings (SSSR count). The number of para-hydroxylation sites is 3. The molecular weight excluding hydrogens is 1460 g/mol. The van der Waals surface area contributed by atoms with E-state index in [-0.39, 0.29) is 29.8 Å². The maximum absolute atomic E-state index is 12.9. The predicted molar refractivity (Wildman–Crippen MR) is 450 cm³/mol. The molecule has 27 nitrogen and oxygen atoms in total. The van der Waals surface area contributed by atoms with Crippen molar-refractivity contribution >= 4 is 74.0 Å². The van der Waals surface area contributed by atoms with Crippen LogP contribution in [0.1, 0.15) is 57.0 Å². The third-order valence-corrected chi connectivity index (χ3v) is 21.5. The Kier molecular flexibility index (Phi) is 22.7. The van der Waals surface area contributed by atoms with Gasteiger partial charge in [0, 0.05) is 112 Å². The Morgan fingerprint density at radius 3 is 1.21 bits per heavy atom. The van der Waals surface area contributed by atoms with Gasteiger partial charge < -0.3 is 46.1 Å². The molecule has 6 N–H and O–H groups in total. The lowest BCUT2D eigenvalue weighted by atomic mass is 10.1. The molecule has 5 aliphatic rings. The van der Waals surface area contributed by atoms with Gasteiger partial charge in [-0.15, -0.1) is 0 Å². The van der Waals surface area contributed by atoms with Crippen molar-refractivity contribution in [1.29, 1.82) is 0 Å². The van der Waals surface area contributed by atoms with Crippen molar-refractivity contribution < 1.29 is 28.6 Å². The van der Waals surface area contributed by atoms with Crippen LogP contribution in [0.25, 0.3) is 72.6 Å². The van der Waals surface area contributed by atoms with E-state index in [0.717, 1.165) is 93.9 Å². The third kappa shape index (κ3) is 17.8. The number of nitrogens with two attached hydrogens (primary N) is 3. The van der Waals surface area contributed by atoms with Gasteiger partial charge in [0.2, 0.25) is 17.7 Å². The van der Waals surface area contributed by atoms with Gasteiger partial charge in [-0.2, -0.15) is 15.3 Å². The van der Waals surface area contributed by atoms with Crippen molar-refractivity contribution in [3.8, 4) is 74.0 Å². The summed E-state index contributed by atoms with van der Waals surface area (Å²) in [5, 5.41) is 16.8. The van der Waals surface area contributed by atoms with Crippen molar-refractivity contribution in [2.24, 2.45) is 0 Å². The molecule has 3 saturated carbocycles. The number of aromatic nitrogens is 12. The number of benzene rings is 7. The summed E-state index contributed by atoms with van der Waals surface area (Å²) in [4.78, 5) is 76.7. The Hall–Kier alpha value is -13.5. The standard InChI is InChI=1S/C32H31N7O2.C29H31N7O2.C28H29N7O2/c1-37(23-15-16-23)19-7-12-28(40)38(2)24-8-6-9-25(20-24)39-32-29(31(33)34-21-35-32)30(36-39)22-13-17-27(18-14-22)41-26-10-4-3-5-11-26;1-34(21-11-12-21)16-5-8-25(37)35-17-15-22(18-35)36-29-26(28(30)31-19-32-29)27(33-36)20-9-13-24(14-10-20)38-23-6-3-2-4-7-23;1-33(20-11-12-20)15-5-8-24(36)34-16-21(17-34)35-28-25(27(29)30-18-31-28)26(32-35)19-9-13-23(14-10-19)37-22-6-3-2-4-7-22/h3-14,17-18,20-21,23H,15-16,19H2,1-2H3,(H2,33,34,35);2-10,13-14,19,21-22H,11-12,15-18H2,1H3,(H2,30,31,32);2-10,13-14,18,20-21H,11-12,15-17H2,1H3,(H2,29,30,31)/b12-7+;2*8-5+/t;22-;/m.1./s1. The fourth-order valence-electron chi connectivity index (χ4n) is 14.3. The number of anilines is 4. The first-order valence-corrected chi connectivity index (χ1v) is 39.1. The van der Waals surface area contributed by atoms with Crippen LogP contribution in [0, 0.1) is 0 Å². The number of ether oxygens (including phenoxy) is 3. The smallest absolute Gasteiger partial charge is 0.250 e. The average Bonchev–Trinajstić information content (AvgIpc) is 1.61. The zero-order valence-electron chi connectivity index (χ0n) is 65.1. The van der Waals surface area contributed by atoms with Gasteiger partial charge in [-0.3, -0.25) is 29.1 Å². The molecule has 588 valence electrons. The maximum Gasteiger partial charge on any atom is 0.250 e. The van der Waals surface area contributed by atoms with Crippen molar-refractivity contribution in [2.75, 3.05) is 96.1 Å². The number of fused-ring (bicyclic) bond motifs is 3. The van der Waals surface area contributed by atoms with E-state index in [2.05, 4.69) is 65.7 Å². The molecule has 2 saturated heterocycles. The van der Waals surface area contributed by atoms with Gasteiger partial charge in [0.25, 0.3) is 0 Å². The molecule has 1 atom stereocenters. The molecule has 0 radical (unpaired) electrons. The molecule has 13 aromatic rings. The first kappa shape index (κ1) is 76.5. The predicted octanol–water partition coefficient (Wildman–Crippen LogP) is 13.7. The van der Waals surface area contributed by atoms with Gasteiger partial charge in [-0.05, 0) is 193 Å². The van der Waals surface area contributed by atoms with E-state index >= 15 is 0 Å². The van der Waals surface area contributed by atoms with Crippen LogP contribution in [0.3, 0.4) is 0 Å². The van der Waals surface area contributed by atoms with Gasteiger partial charge in [0.1, 0.15) is 88.0 Å². The van der Waals surface area contributed by atoms with Gasteiger partial charge in [0.15, 0.2) is 16.9 Å². The molecule has 8 heterocycles. The number of rotatable bonds is 25. The van der Waals surface area contributed by atoms with Crippen LogP contribution < -0.4 is 36.3 Å². The number of amides is 3. The zero-order chi connectivity index (χ0) is 79.8. The number of hydrogen-bond donors (Lipinski definition) is 3. The third-order valence-electron chi connectivity index (χ3n) is 21.5. The van der Waals surface area contributed by atoms with Gasteiger partial charge >= 0.3 is 0 Å². The Morgan fingerprint density at radius 2 is 0.776 bits per heavy atom. The fourth-order valence-corrected chi connectivity index (χ4v) is 14.3. The van der Waals surface area contributed by atoms with Gasteiger partial charge in [-0.1, -0.05) is 78.9 Å². The monoisotopic (exact) mass is 1550 g/mol. The van der Waals surface area contributed by atoms with Crippen LogP contribution in [0.2, 0.25) is 0 Å². The lowest BCUT2D eigenvalue weighted by molar-refractivity contribution is -0.131. The van der Waals surface area contributed by atoms with Gasteiger partial charge in [-0.25, -0.2) is 43.9 Å². The van der Waals surface area contributed by atoms with E-state index in [1.807, 2.05) is 225 Å². The Bertz CT molecular complexity index is 5730. The average molecular weight is 1550 g/mol. The molecule has 5 fully saturated rings. The largest absolute Gasteiger partial charge is 0.457 e. The number of likely N-dealkylation sites (tertiary alicyclic amines) is 2. The summed E-state index contributed by atoms with van der Waals surface area (Å²) in [7, 11) is 8.06. The number of hydrogen-bond acceptors (Lipinski definition) is 21. The maximum atomic E-state index is 12.9. The van der Waals surface area contributed by atoms with Crippen LogP contribution in [0.5, 0.6) is 34.5 Å². The second-order valence-electron chi connectivity index (χ2n) is 29.8. The van der Waals surface area contributed by atoms with E-state index in [4.69, 9.17) is 46.7 Å². The molecule has 116 heavy (non-hydrogen) atoms. The summed E-state index contributed by atoms with van der Waals surface area (Å²) in [6.45, 7) is 4.75. The number of carbonyl (C=O) groups is 3. The van der Waals surface area contributed by atoms with Crippen molar-refractivity contribution in [2.45, 2.75) is 75.2 Å². The molecule has 6 aromatic heterocycles. The lowest BCUT2D eigenvalue weighted by Crippen LogP contribution is -2.50. The molecule has 3 aliphatic carbocycles. The number of likely N-dealkylation sites (N-methyl/N-ethyl adjacent to an activating group) is 4. The molecule has 0 bridgehead atoms. The van der Waals surface area contributed by atoms with Crippen LogP contribution in [0.15, 0.2) is 243 Å². The second kappa shape index (κ2) is 34.5. The quantitative estimate of drug-likeness (QED) is 0.0448. The summed E-state index contributed by atoms with van der Waals surface area (Å²) < 4.78 is 23.3. The molecule has 0 spiro atoms. The van der Waals surface area contributed by atoms with E-state index in [1.165, 1.54) is 57.5 Å². The lowest BCUT2D eigenvalue weighted by Gasteiger charge is -2.38. The summed E-state index contributed by atoms with van der Waals surface area (Å²) in [6.07, 6.45) is 23.5. The van der Waals surface area contributed by atoms with Crippen molar-refractivity contribution in [1.82, 2.24) is 83.7 Å². The summed E-state index contributed by atoms with van der Waals surface area (Å²) in [6, 6.07) is 61.7. The Balaban J connectivity index is 0.000000131. The van der Waals surface area contributed by atoms with Crippen molar-refractivity contribution in [3.05, 3.63) is 243 Å². The van der Waals surface area contributed by atoms with E-state index < -0.39 is 0 Å². The van der Waals surface area contributed by atoms with E-state index in [0.29, 0.717) is 107 Å². The first-order valence-electron chi connectivity index (χ1n) is 39.1. The molecule has 0 unspecified atom stereocenters. The fraction of sp³-hybridized carbons (Fsp3) is 0.258. The van der Waals surface area contributed by atoms with Crippen LogP contribution in [-0.2, 0) is 14.4 Å². The highest BCUT2D eigenvalue weighted by atomic mass is 16.5. The highest BCUT2D eigenvalue weighted by molar-refractivity contribution is 6.03. The highest BCUT2D eigenvalue weighted by Gasteiger charge is 2.36. The Labute approximate surface area is 671 Å². The minimum atomic E-state index is -0.0956. The van der Waals surface area contributed by atoms with E-state index in [1.54, 1.807) is 34.9 Å². The highest BCUT2D eigenvalue weighted by Crippen LogP contribution is 2.40. The molecule has 7 aromatic carbocycles. The zero-order valence-corrected chi connectivity index (χ0v) is 65.1. The van der Waals surface area contributed by atoms with E-state index in [9.17, 15) is 14.4 Å². The minimum absolute atomic E-state index is 0.00715. The normalized spacial score (nSPS) is 15.6. The van der Waals surface area contributed by atoms with Gasteiger partial charge in [0.05, 0.1) is 33.9 Å². The Morgan fingerprint density at radius 1 is 0.405 bits per heavy atom. The summed E-state index contributed by atoms with van der Waals surface area (Å²) in [5.41, 5.74) is 27.0. The summed E-state index contributed by atoms with van der Waals surface area (Å²) >= 11 is 0. The van der Waals surface area contributed by atoms with Crippen LogP contribution in [0.4, 0.5) is 23.1 Å². The SMILES string of the molecule is CN(C(=O)/C=C/CN(C)C1CC1)c1cccc(-n2nc(-c3ccc(Oc4ccccc4)cc3)c3c(N)ncnc32)c1.CN(C/C=C/C(=O)N1CC(n2nc(-c3ccc(Oc4ccccc4)cc3)c3c(N)ncnc32)C1)C1CC1.CN(C/C=C/C(=O)N1CC[C@@H](n2nc(-c3ccc(Oc4ccccc4)cc3)c3c(N)ncnc32)C1)C1CC1. The number of nitrogens with zero attached hydrogens (tertiary/aromatic N) is 18. The number of nitrogen functional groups attached to an aromatic ring is 3. The number of carbonyl (C=O) groups excluding carboxylic acids is 3. The van der Waals surface area contributed by atoms with Crippen LogP contribution in [-0.4, -0.2) is 194 Å². The van der Waals surface area contributed by atoms with Crippen LogP contribution >= 0.6 is 0 Å². The summed E-state index contributed by atoms with van der Waals surface area (Å²) in [5.74, 6) is 5.55. The topological polar surface area (TPSA) is 307 Å².